The van der Waals surface area contributed by atoms with Gasteiger partial charge in [-0.3, -0.25) is 0 Å². The van der Waals surface area contributed by atoms with Crippen LogP contribution in [0.25, 0.3) is 0 Å². The third-order valence-electron chi connectivity index (χ3n) is 4.24. The van der Waals surface area contributed by atoms with Crippen LogP contribution < -0.4 is 0 Å². The zero-order chi connectivity index (χ0) is 14.3. The van der Waals surface area contributed by atoms with Gasteiger partial charge in [-0.25, -0.2) is 0 Å². The van der Waals surface area contributed by atoms with Gasteiger partial charge in [-0.15, -0.1) is 0 Å². The van der Waals surface area contributed by atoms with Gasteiger partial charge in [0.2, 0.25) is 0 Å². The van der Waals surface area contributed by atoms with E-state index in [0.29, 0.717) is 0 Å². The van der Waals surface area contributed by atoms with Crippen LogP contribution in [0.4, 0.5) is 0 Å². The molecule has 1 heterocycles. The zero-order valence-electron chi connectivity index (χ0n) is 12.6. The summed E-state index contributed by atoms with van der Waals surface area (Å²) in [6.07, 6.45) is 4.81. The highest BCUT2D eigenvalue weighted by atomic mass is 16.7. The van der Waals surface area contributed by atoms with Crippen LogP contribution in [0, 0.1) is 0 Å². The summed E-state index contributed by atoms with van der Waals surface area (Å²) in [6, 6.07) is 0. The van der Waals surface area contributed by atoms with E-state index in [9.17, 15) is 0 Å². The Morgan fingerprint density at radius 2 is 1.74 bits per heavy atom. The first-order chi connectivity index (χ1) is 8.80. The minimum atomic E-state index is -0.340. The fourth-order valence-electron chi connectivity index (χ4n) is 2.22. The first kappa shape index (κ1) is 14.6. The molecule has 19 heavy (non-hydrogen) atoms. The summed E-state index contributed by atoms with van der Waals surface area (Å²) in [5.41, 5.74) is 0.360. The predicted octanol–water partition coefficient (Wildman–Crippen LogP) is 2.49. The molecule has 0 aromatic carbocycles. The molecule has 1 aliphatic carbocycles. The molecule has 1 unspecified atom stereocenters. The molecule has 4 nitrogen and oxygen atoms in total. The molecule has 0 bridgehead atoms. The average Bonchev–Trinajstić information content (AvgIpc) is 2.57. The maximum Gasteiger partial charge on any atom is 0.494 e. The Hall–Kier alpha value is -0.775. The Kier molecular flexibility index (Phi) is 3.82. The maximum atomic E-state index is 6.03. The quantitative estimate of drug-likeness (QED) is 0.735. The van der Waals surface area contributed by atoms with Gasteiger partial charge in [-0.1, -0.05) is 6.08 Å². The molecule has 0 aromatic heterocycles. The number of rotatable bonds is 3. The Morgan fingerprint density at radius 3 is 2.21 bits per heavy atom. The Bertz CT molecular complexity index is 396. The molecule has 0 radical (unpaired) electrons. The fraction of sp³-hybridized carbons (Fsp3) is 0.714. The summed E-state index contributed by atoms with van der Waals surface area (Å²) in [7, 11) is 3.00. The number of allylic oxidation sites excluding steroid dienone is 2. The molecule has 0 amide bonds. The molecule has 5 heteroatoms. The van der Waals surface area contributed by atoms with Crippen LogP contribution in [0.2, 0.25) is 0 Å². The summed E-state index contributed by atoms with van der Waals surface area (Å²) >= 11 is 0. The molecular weight excluding hydrogens is 243 g/mol. The number of hydrogen-bond acceptors (Lipinski definition) is 4. The van der Waals surface area contributed by atoms with Crippen LogP contribution in [-0.4, -0.2) is 38.6 Å². The maximum absolute atomic E-state index is 6.03. The fourth-order valence-corrected chi connectivity index (χ4v) is 2.22. The van der Waals surface area contributed by atoms with Crippen molar-refractivity contribution in [2.45, 2.75) is 51.4 Å². The molecule has 106 valence electrons. The van der Waals surface area contributed by atoms with Gasteiger partial charge in [0.25, 0.3) is 0 Å². The van der Waals surface area contributed by atoms with Crippen molar-refractivity contribution in [2.75, 3.05) is 14.2 Å². The molecule has 1 atom stereocenters. The van der Waals surface area contributed by atoms with E-state index in [2.05, 4.69) is 33.8 Å². The molecule has 1 fully saturated rings. The highest BCUT2D eigenvalue weighted by molar-refractivity contribution is 6.55. The van der Waals surface area contributed by atoms with Gasteiger partial charge in [-0.05, 0) is 45.7 Å². The van der Waals surface area contributed by atoms with Crippen molar-refractivity contribution in [3.63, 3.8) is 0 Å². The minimum absolute atomic E-state index is 0.0174. The molecule has 0 saturated carbocycles. The first-order valence-electron chi connectivity index (χ1n) is 6.65. The van der Waals surface area contributed by atoms with Crippen molar-refractivity contribution < 1.29 is 18.8 Å². The van der Waals surface area contributed by atoms with E-state index in [0.717, 1.165) is 17.7 Å². The van der Waals surface area contributed by atoms with E-state index in [1.165, 1.54) is 0 Å². The number of ether oxygens (including phenoxy) is 2. The van der Waals surface area contributed by atoms with Crippen molar-refractivity contribution >= 4 is 7.12 Å². The summed E-state index contributed by atoms with van der Waals surface area (Å²) in [6.45, 7) is 8.20. The highest BCUT2D eigenvalue weighted by Gasteiger charge is 2.52. The smallest absolute Gasteiger partial charge is 0.494 e. The molecule has 0 spiro atoms. The summed E-state index contributed by atoms with van der Waals surface area (Å²) in [4.78, 5) is 0. The normalized spacial score (nSPS) is 28.9. The van der Waals surface area contributed by atoms with E-state index in [4.69, 9.17) is 18.8 Å². The Morgan fingerprint density at radius 1 is 1.16 bits per heavy atom. The lowest BCUT2D eigenvalue weighted by Gasteiger charge is -2.32. The molecule has 2 aliphatic rings. The van der Waals surface area contributed by atoms with Crippen LogP contribution in [0.5, 0.6) is 0 Å². The van der Waals surface area contributed by atoms with Crippen molar-refractivity contribution in [1.29, 1.82) is 0 Å². The van der Waals surface area contributed by atoms with Gasteiger partial charge in [0.15, 0.2) is 0 Å². The predicted molar refractivity (Wildman–Crippen MR) is 74.7 cm³/mol. The second-order valence-corrected chi connectivity index (χ2v) is 6.00. The van der Waals surface area contributed by atoms with Crippen LogP contribution in [0.15, 0.2) is 23.4 Å². The average molecular weight is 266 g/mol. The van der Waals surface area contributed by atoms with Gasteiger partial charge < -0.3 is 18.8 Å². The van der Waals surface area contributed by atoms with Crippen molar-refractivity contribution in [1.82, 2.24) is 0 Å². The van der Waals surface area contributed by atoms with Gasteiger partial charge in [0, 0.05) is 7.11 Å². The Balaban J connectivity index is 2.17. The van der Waals surface area contributed by atoms with E-state index in [1.54, 1.807) is 14.2 Å². The summed E-state index contributed by atoms with van der Waals surface area (Å²) in [5.74, 6) is 0.815. The second kappa shape index (κ2) is 4.96. The third kappa shape index (κ3) is 2.60. The zero-order valence-corrected chi connectivity index (χ0v) is 12.6. The van der Waals surface area contributed by atoms with Gasteiger partial charge in [0.1, 0.15) is 11.9 Å². The van der Waals surface area contributed by atoms with Gasteiger partial charge >= 0.3 is 7.12 Å². The van der Waals surface area contributed by atoms with Crippen LogP contribution >= 0.6 is 0 Å². The van der Waals surface area contributed by atoms with Crippen molar-refractivity contribution in [3.05, 3.63) is 23.4 Å². The molecular formula is C14H23BO4. The Labute approximate surface area is 115 Å². The third-order valence-corrected chi connectivity index (χ3v) is 4.24. The lowest BCUT2D eigenvalue weighted by molar-refractivity contribution is 0.00578. The minimum Gasteiger partial charge on any atom is -0.498 e. The van der Waals surface area contributed by atoms with E-state index in [-0.39, 0.29) is 24.4 Å². The number of methoxy groups -OCH3 is 2. The second-order valence-electron chi connectivity index (χ2n) is 6.00. The highest BCUT2D eigenvalue weighted by Crippen LogP contribution is 2.39. The molecule has 0 N–H and O–H groups in total. The molecule has 1 aliphatic heterocycles. The largest absolute Gasteiger partial charge is 0.498 e. The van der Waals surface area contributed by atoms with Gasteiger partial charge in [0.05, 0.1) is 18.3 Å². The molecule has 0 aromatic rings. The van der Waals surface area contributed by atoms with Crippen molar-refractivity contribution in [2.24, 2.45) is 0 Å². The van der Waals surface area contributed by atoms with E-state index in [1.807, 2.05) is 6.08 Å². The first-order valence-corrected chi connectivity index (χ1v) is 6.65. The lowest BCUT2D eigenvalue weighted by atomic mass is 9.75. The SMILES string of the molecule is COC1=CC(B2OC(C)(C)C(C)(C)O2)=CCC1OC. The summed E-state index contributed by atoms with van der Waals surface area (Å²) in [5, 5.41) is 0. The van der Waals surface area contributed by atoms with Crippen LogP contribution in [-0.2, 0) is 18.8 Å². The number of hydrogen-bond donors (Lipinski definition) is 0. The van der Waals surface area contributed by atoms with Crippen LogP contribution in [0.1, 0.15) is 34.1 Å². The molecule has 1 saturated heterocycles. The van der Waals surface area contributed by atoms with Crippen LogP contribution in [0.3, 0.4) is 0 Å². The lowest BCUT2D eigenvalue weighted by Crippen LogP contribution is -2.41. The standard InChI is InChI=1S/C14H23BO4/c1-13(2)14(3,4)19-15(18-13)10-7-8-11(16-5)12(9-10)17-6/h7,9,11H,8H2,1-6H3. The monoisotopic (exact) mass is 266 g/mol. The van der Waals surface area contributed by atoms with E-state index < -0.39 is 0 Å². The summed E-state index contributed by atoms with van der Waals surface area (Å²) < 4.78 is 22.8. The van der Waals surface area contributed by atoms with Crippen molar-refractivity contribution in [3.8, 4) is 0 Å². The molecule has 2 rings (SSSR count). The van der Waals surface area contributed by atoms with Gasteiger partial charge in [-0.2, -0.15) is 0 Å². The van der Waals surface area contributed by atoms with E-state index >= 15 is 0 Å². The topological polar surface area (TPSA) is 36.9 Å².